The van der Waals surface area contributed by atoms with Gasteiger partial charge in [-0.2, -0.15) is 0 Å². The largest absolute Gasteiger partial charge is 0.125 e. The molecule has 0 aliphatic carbocycles. The molecule has 0 saturated carbocycles. The molecule has 0 nitrogen and oxygen atoms in total. The van der Waals surface area contributed by atoms with Crippen molar-refractivity contribution < 1.29 is 0 Å². The standard InChI is InChI=1S/C11H5Br2Cl3S/c12-6-3-5(1-2-8(6)14)10(15)9-4-7(13)11(16)17-9/h1-4,10H. The van der Waals surface area contributed by atoms with E-state index < -0.39 is 0 Å². The number of rotatable bonds is 2. The van der Waals surface area contributed by atoms with Gasteiger partial charge in [0, 0.05) is 13.8 Å². The molecule has 1 heterocycles. The van der Waals surface area contributed by atoms with Crippen molar-refractivity contribution in [3.8, 4) is 0 Å². The van der Waals surface area contributed by atoms with Gasteiger partial charge in [0.05, 0.1) is 10.4 Å². The van der Waals surface area contributed by atoms with E-state index in [-0.39, 0.29) is 5.38 Å². The lowest BCUT2D eigenvalue weighted by molar-refractivity contribution is 1.18. The second-order valence-corrected chi connectivity index (χ2v) is 7.54. The van der Waals surface area contributed by atoms with E-state index in [9.17, 15) is 0 Å². The Bertz CT molecular complexity index is 534. The molecule has 90 valence electrons. The first kappa shape index (κ1) is 14.2. The second-order valence-electron chi connectivity index (χ2n) is 3.31. The minimum Gasteiger partial charge on any atom is -0.125 e. The Balaban J connectivity index is 2.36. The van der Waals surface area contributed by atoms with Gasteiger partial charge >= 0.3 is 0 Å². The van der Waals surface area contributed by atoms with E-state index in [4.69, 9.17) is 34.8 Å². The van der Waals surface area contributed by atoms with Crippen molar-refractivity contribution in [2.45, 2.75) is 5.38 Å². The monoisotopic (exact) mass is 432 g/mol. The minimum absolute atomic E-state index is 0.225. The zero-order chi connectivity index (χ0) is 12.6. The number of benzene rings is 1. The normalized spacial score (nSPS) is 12.8. The maximum atomic E-state index is 6.41. The summed E-state index contributed by atoms with van der Waals surface area (Å²) in [6.45, 7) is 0. The highest BCUT2D eigenvalue weighted by Crippen LogP contribution is 2.41. The van der Waals surface area contributed by atoms with Gasteiger partial charge in [0.1, 0.15) is 4.34 Å². The first-order valence-corrected chi connectivity index (χ1v) is 8.12. The van der Waals surface area contributed by atoms with Crippen molar-refractivity contribution in [1.82, 2.24) is 0 Å². The lowest BCUT2D eigenvalue weighted by Gasteiger charge is -2.08. The van der Waals surface area contributed by atoms with Crippen LogP contribution in [0, 0.1) is 0 Å². The van der Waals surface area contributed by atoms with Crippen molar-refractivity contribution in [3.05, 3.63) is 53.0 Å². The van der Waals surface area contributed by atoms with Gasteiger partial charge < -0.3 is 0 Å². The molecule has 0 radical (unpaired) electrons. The molecule has 17 heavy (non-hydrogen) atoms. The van der Waals surface area contributed by atoms with Crippen LogP contribution in [0.3, 0.4) is 0 Å². The summed E-state index contributed by atoms with van der Waals surface area (Å²) in [6.07, 6.45) is 0. The number of hydrogen-bond acceptors (Lipinski definition) is 1. The summed E-state index contributed by atoms with van der Waals surface area (Å²) in [5.74, 6) is 0. The zero-order valence-corrected chi connectivity index (χ0v) is 14.4. The van der Waals surface area contributed by atoms with E-state index in [1.807, 2.05) is 24.3 Å². The van der Waals surface area contributed by atoms with E-state index in [1.165, 1.54) is 11.3 Å². The average Bonchev–Trinajstić information content (AvgIpc) is 2.62. The van der Waals surface area contributed by atoms with E-state index >= 15 is 0 Å². The molecular weight excluding hydrogens is 430 g/mol. The highest BCUT2D eigenvalue weighted by molar-refractivity contribution is 9.11. The molecule has 0 saturated heterocycles. The summed E-state index contributed by atoms with van der Waals surface area (Å²) in [4.78, 5) is 0.998. The van der Waals surface area contributed by atoms with E-state index in [0.29, 0.717) is 9.36 Å². The van der Waals surface area contributed by atoms with Crippen LogP contribution in [0.1, 0.15) is 15.8 Å². The third kappa shape index (κ3) is 3.20. The molecule has 2 rings (SSSR count). The van der Waals surface area contributed by atoms with E-state index in [2.05, 4.69) is 31.9 Å². The Morgan fingerprint density at radius 3 is 2.29 bits per heavy atom. The summed E-state index contributed by atoms with van der Waals surface area (Å²) >= 11 is 26.6. The van der Waals surface area contributed by atoms with Crippen LogP contribution in [0.2, 0.25) is 9.36 Å². The Labute approximate surface area is 135 Å². The van der Waals surface area contributed by atoms with Gasteiger partial charge in [-0.05, 0) is 55.6 Å². The van der Waals surface area contributed by atoms with Gasteiger partial charge in [0.25, 0.3) is 0 Å². The average molecular weight is 435 g/mol. The van der Waals surface area contributed by atoms with Gasteiger partial charge in [-0.1, -0.05) is 29.3 Å². The molecule has 0 bridgehead atoms. The smallest absolute Gasteiger partial charge is 0.107 e. The van der Waals surface area contributed by atoms with Crippen LogP contribution in [0.5, 0.6) is 0 Å². The molecule has 1 aromatic heterocycles. The molecule has 0 fully saturated rings. The predicted molar refractivity (Wildman–Crippen MR) is 83.9 cm³/mol. The second kappa shape index (κ2) is 5.81. The Morgan fingerprint density at radius 2 is 1.76 bits per heavy atom. The fourth-order valence-corrected chi connectivity index (χ4v) is 3.91. The molecule has 2 aromatic rings. The van der Waals surface area contributed by atoms with E-state index in [0.717, 1.165) is 19.4 Å². The van der Waals surface area contributed by atoms with Crippen molar-refractivity contribution in [2.24, 2.45) is 0 Å². The summed E-state index contributed by atoms with van der Waals surface area (Å²) in [5.41, 5.74) is 0.980. The predicted octanol–water partition coefficient (Wildman–Crippen LogP) is 6.91. The van der Waals surface area contributed by atoms with Gasteiger partial charge in [0.2, 0.25) is 0 Å². The van der Waals surface area contributed by atoms with Crippen LogP contribution < -0.4 is 0 Å². The molecular formula is C11H5Br2Cl3S. The SMILES string of the molecule is Clc1ccc(C(Cl)c2cc(Br)c(Cl)s2)cc1Br. The van der Waals surface area contributed by atoms with Crippen molar-refractivity contribution in [2.75, 3.05) is 0 Å². The molecule has 0 aliphatic heterocycles. The maximum absolute atomic E-state index is 6.41. The number of thiophene rings is 1. The van der Waals surface area contributed by atoms with Crippen LogP contribution in [-0.2, 0) is 0 Å². The quantitative estimate of drug-likeness (QED) is 0.450. The Kier molecular flexibility index (Phi) is 4.84. The highest BCUT2D eigenvalue weighted by Gasteiger charge is 2.16. The highest BCUT2D eigenvalue weighted by atomic mass is 79.9. The summed E-state index contributed by atoms with van der Waals surface area (Å²) in [5, 5.41) is 0.445. The number of alkyl halides is 1. The molecule has 1 aromatic carbocycles. The van der Waals surface area contributed by atoms with Crippen LogP contribution in [0.4, 0.5) is 0 Å². The van der Waals surface area contributed by atoms with E-state index in [1.54, 1.807) is 0 Å². The van der Waals surface area contributed by atoms with Crippen molar-refractivity contribution >= 4 is 78.0 Å². The topological polar surface area (TPSA) is 0 Å². The Hall–Kier alpha value is 0.750. The molecule has 0 N–H and O–H groups in total. The fraction of sp³-hybridized carbons (Fsp3) is 0.0909. The van der Waals surface area contributed by atoms with Gasteiger partial charge in [-0.3, -0.25) is 0 Å². The molecule has 0 amide bonds. The first-order chi connectivity index (χ1) is 7.99. The number of halogens is 5. The fourth-order valence-electron chi connectivity index (χ4n) is 1.32. The lowest BCUT2D eigenvalue weighted by atomic mass is 10.1. The van der Waals surface area contributed by atoms with Gasteiger partial charge in [-0.15, -0.1) is 22.9 Å². The molecule has 1 unspecified atom stereocenters. The first-order valence-electron chi connectivity index (χ1n) is 4.53. The van der Waals surface area contributed by atoms with Gasteiger partial charge in [0.15, 0.2) is 0 Å². The molecule has 6 heteroatoms. The van der Waals surface area contributed by atoms with Crippen LogP contribution >= 0.6 is 78.0 Å². The summed E-state index contributed by atoms with van der Waals surface area (Å²) in [7, 11) is 0. The molecule has 0 aliphatic rings. The lowest BCUT2D eigenvalue weighted by Crippen LogP contribution is -1.90. The van der Waals surface area contributed by atoms with Crippen LogP contribution in [0.25, 0.3) is 0 Å². The van der Waals surface area contributed by atoms with Crippen LogP contribution in [0.15, 0.2) is 33.2 Å². The maximum Gasteiger partial charge on any atom is 0.107 e. The minimum atomic E-state index is -0.225. The number of hydrogen-bond donors (Lipinski definition) is 0. The Morgan fingerprint density at radius 1 is 1.06 bits per heavy atom. The van der Waals surface area contributed by atoms with Crippen molar-refractivity contribution in [1.29, 1.82) is 0 Å². The van der Waals surface area contributed by atoms with Gasteiger partial charge in [-0.25, -0.2) is 0 Å². The molecule has 0 spiro atoms. The van der Waals surface area contributed by atoms with Crippen molar-refractivity contribution in [3.63, 3.8) is 0 Å². The third-order valence-corrected chi connectivity index (χ3v) is 6.52. The third-order valence-electron chi connectivity index (χ3n) is 2.15. The summed E-state index contributed by atoms with van der Waals surface area (Å²) in [6, 6.07) is 7.58. The molecule has 1 atom stereocenters. The summed E-state index contributed by atoms with van der Waals surface area (Å²) < 4.78 is 2.42. The zero-order valence-electron chi connectivity index (χ0n) is 8.18. The van der Waals surface area contributed by atoms with Crippen LogP contribution in [-0.4, -0.2) is 0 Å².